The Balaban J connectivity index is -0.0000000133. The average molecular weight is 139 g/mol. The van der Waals surface area contributed by atoms with Gasteiger partial charge < -0.3 is 4.74 Å². The van der Waals surface area contributed by atoms with Crippen LogP contribution in [0.25, 0.3) is 0 Å². The third kappa shape index (κ3) is 47.1. The Hall–Kier alpha value is 1.15. The van der Waals surface area contributed by atoms with Gasteiger partial charge in [-0.25, -0.2) is 0 Å². The van der Waals surface area contributed by atoms with Crippen LogP contribution in [0, 0.1) is 0 Å². The Kier molecular flexibility index (Phi) is 126. The summed E-state index contributed by atoms with van der Waals surface area (Å²) in [7, 11) is 0. The molecular formula is C4H19B3NaO. The molecule has 0 aliphatic heterocycles. The van der Waals surface area contributed by atoms with E-state index in [4.69, 9.17) is 4.74 Å². The van der Waals surface area contributed by atoms with Crippen LogP contribution in [0.15, 0.2) is 0 Å². The standard InChI is InChI=1S/C4H10O.3BH3.Na/c1-3-5-4-2;;;;/h3-4H2,1-2H3;3*1H3;. The van der Waals surface area contributed by atoms with E-state index in [-0.39, 0.29) is 54.8 Å². The van der Waals surface area contributed by atoms with Gasteiger partial charge in [-0.3, -0.25) is 0 Å². The molecule has 0 amide bonds. The predicted octanol–water partition coefficient (Wildman–Crippen LogP) is -2.89. The van der Waals surface area contributed by atoms with Crippen molar-refractivity contribution in [1.82, 2.24) is 0 Å². The smallest absolute Gasteiger partial charge is 0.0814 e. The monoisotopic (exact) mass is 139 g/mol. The summed E-state index contributed by atoms with van der Waals surface area (Å²) >= 11 is 0. The molecule has 9 heavy (non-hydrogen) atoms. The van der Waals surface area contributed by atoms with Crippen molar-refractivity contribution in [3.05, 3.63) is 0 Å². The quantitative estimate of drug-likeness (QED) is 0.373. The van der Waals surface area contributed by atoms with E-state index in [0.29, 0.717) is 0 Å². The van der Waals surface area contributed by atoms with Gasteiger partial charge in [-0.2, -0.15) is 0 Å². The van der Waals surface area contributed by atoms with Gasteiger partial charge in [-0.1, -0.05) is 0 Å². The van der Waals surface area contributed by atoms with E-state index >= 15 is 0 Å². The molecule has 0 aromatic heterocycles. The Morgan fingerprint density at radius 2 is 1.11 bits per heavy atom. The van der Waals surface area contributed by atoms with E-state index in [0.717, 1.165) is 13.2 Å². The van der Waals surface area contributed by atoms with Crippen LogP contribution in [0.1, 0.15) is 13.8 Å². The van der Waals surface area contributed by atoms with Crippen LogP contribution < -0.4 is 0 Å². The van der Waals surface area contributed by atoms with E-state index in [1.54, 1.807) is 0 Å². The minimum absolute atomic E-state index is 0. The average Bonchev–Trinajstić information content (AvgIpc) is 1.41. The molecular weight excluding hydrogens is 119 g/mol. The van der Waals surface area contributed by atoms with Crippen molar-refractivity contribution >= 4 is 54.8 Å². The molecule has 0 atom stereocenters. The molecule has 51 valence electrons. The molecule has 0 bridgehead atoms. The first-order valence-electron chi connectivity index (χ1n) is 1.99. The van der Waals surface area contributed by atoms with Gasteiger partial charge in [0.25, 0.3) is 0 Å². The predicted molar refractivity (Wildman–Crippen MR) is 57.7 cm³/mol. The second kappa shape index (κ2) is 35.3. The van der Waals surface area contributed by atoms with Gasteiger partial charge in [0.05, 0.1) is 25.2 Å². The van der Waals surface area contributed by atoms with E-state index in [9.17, 15) is 0 Å². The fourth-order valence-electron chi connectivity index (χ4n) is 0.204. The summed E-state index contributed by atoms with van der Waals surface area (Å²) in [4.78, 5) is 0. The van der Waals surface area contributed by atoms with Crippen molar-refractivity contribution in [2.24, 2.45) is 0 Å². The van der Waals surface area contributed by atoms with Crippen molar-refractivity contribution in [3.8, 4) is 0 Å². The maximum absolute atomic E-state index is 4.83. The van der Waals surface area contributed by atoms with Gasteiger partial charge >= 0.3 is 0 Å². The van der Waals surface area contributed by atoms with Crippen molar-refractivity contribution in [2.45, 2.75) is 13.8 Å². The second-order valence-corrected chi connectivity index (χ2v) is 0.781. The van der Waals surface area contributed by atoms with Gasteiger partial charge in [0.15, 0.2) is 0 Å². The van der Waals surface area contributed by atoms with E-state index < -0.39 is 0 Å². The molecule has 0 N–H and O–H groups in total. The van der Waals surface area contributed by atoms with E-state index in [1.165, 1.54) is 0 Å². The zero-order chi connectivity index (χ0) is 4.12. The molecule has 0 saturated heterocycles. The Morgan fingerprint density at radius 3 is 1.11 bits per heavy atom. The summed E-state index contributed by atoms with van der Waals surface area (Å²) in [5.41, 5.74) is 0. The van der Waals surface area contributed by atoms with E-state index in [2.05, 4.69) is 0 Å². The number of hydrogen-bond donors (Lipinski definition) is 0. The van der Waals surface area contributed by atoms with Crippen molar-refractivity contribution in [1.29, 1.82) is 0 Å². The molecule has 0 heterocycles. The van der Waals surface area contributed by atoms with Crippen LogP contribution in [-0.4, -0.2) is 68.0 Å². The van der Waals surface area contributed by atoms with Crippen LogP contribution in [0.5, 0.6) is 0 Å². The first-order valence-corrected chi connectivity index (χ1v) is 1.99. The zero-order valence-electron chi connectivity index (χ0n) is 4.82. The maximum atomic E-state index is 4.83. The number of hydrogen-bond acceptors (Lipinski definition) is 1. The molecule has 0 aromatic rings. The molecule has 1 nitrogen and oxygen atoms in total. The van der Waals surface area contributed by atoms with E-state index in [1.807, 2.05) is 13.8 Å². The van der Waals surface area contributed by atoms with Crippen molar-refractivity contribution in [3.63, 3.8) is 0 Å². The van der Waals surface area contributed by atoms with Gasteiger partial charge in [0.1, 0.15) is 0 Å². The van der Waals surface area contributed by atoms with Crippen LogP contribution in [-0.2, 0) is 4.74 Å². The summed E-state index contributed by atoms with van der Waals surface area (Å²) in [5.74, 6) is 0. The summed E-state index contributed by atoms with van der Waals surface area (Å²) in [6.07, 6.45) is 0. The third-order valence-corrected chi connectivity index (χ3v) is 0.408. The van der Waals surface area contributed by atoms with Gasteiger partial charge in [-0.15, -0.1) is 0 Å². The fourth-order valence-corrected chi connectivity index (χ4v) is 0.204. The molecule has 0 aromatic carbocycles. The fraction of sp³-hybridized carbons (Fsp3) is 1.00. The molecule has 1 radical (unpaired) electrons. The molecule has 5 heteroatoms. The molecule has 0 aliphatic rings. The summed E-state index contributed by atoms with van der Waals surface area (Å²) in [6.45, 7) is 5.67. The molecule has 0 saturated carbocycles. The SMILES string of the molecule is B.B.B.CCOCC.[Na]. The van der Waals surface area contributed by atoms with Crippen LogP contribution in [0.2, 0.25) is 0 Å². The third-order valence-electron chi connectivity index (χ3n) is 0.408. The van der Waals surface area contributed by atoms with Crippen LogP contribution in [0.3, 0.4) is 0 Å². The molecule has 0 rings (SSSR count). The van der Waals surface area contributed by atoms with Crippen LogP contribution in [0.4, 0.5) is 0 Å². The van der Waals surface area contributed by atoms with Gasteiger partial charge in [0, 0.05) is 42.8 Å². The first-order chi connectivity index (χ1) is 2.41. The van der Waals surface area contributed by atoms with Gasteiger partial charge in [0.2, 0.25) is 0 Å². The van der Waals surface area contributed by atoms with Crippen LogP contribution >= 0.6 is 0 Å². The minimum atomic E-state index is 0. The summed E-state index contributed by atoms with van der Waals surface area (Å²) in [6, 6.07) is 0. The molecule has 0 aliphatic carbocycles. The normalized spacial score (nSPS) is 4.67. The van der Waals surface area contributed by atoms with Crippen molar-refractivity contribution in [2.75, 3.05) is 13.2 Å². The summed E-state index contributed by atoms with van der Waals surface area (Å²) < 4.78 is 4.83. The first kappa shape index (κ1) is 32.0. The van der Waals surface area contributed by atoms with Crippen molar-refractivity contribution < 1.29 is 4.74 Å². The number of rotatable bonds is 2. The summed E-state index contributed by atoms with van der Waals surface area (Å²) in [5, 5.41) is 0. The molecule has 0 spiro atoms. The zero-order valence-corrected chi connectivity index (χ0v) is 6.82. The minimum Gasteiger partial charge on any atom is -0.382 e. The largest absolute Gasteiger partial charge is 0.382 e. The number of ether oxygens (including phenoxy) is 1. The maximum Gasteiger partial charge on any atom is 0.0814 e. The Bertz CT molecular complexity index is 23.3. The second-order valence-electron chi connectivity index (χ2n) is 0.781. The van der Waals surface area contributed by atoms with Gasteiger partial charge in [-0.05, 0) is 13.8 Å². The topological polar surface area (TPSA) is 9.23 Å². The molecule has 0 unspecified atom stereocenters. The molecule has 0 fully saturated rings. The Labute approximate surface area is 86.3 Å². The Morgan fingerprint density at radius 1 is 0.889 bits per heavy atom.